The maximum Gasteiger partial charge on any atom is 0.285 e. The number of nitrogens with one attached hydrogen (secondary N) is 1. The summed E-state index contributed by atoms with van der Waals surface area (Å²) in [5, 5.41) is 1.37. The van der Waals surface area contributed by atoms with Crippen molar-refractivity contribution in [1.29, 1.82) is 0 Å². The summed E-state index contributed by atoms with van der Waals surface area (Å²) in [7, 11) is 0. The molecule has 3 rings (SSSR count). The molecule has 2 aromatic rings. The molecule has 0 aliphatic carbocycles. The number of halogens is 2. The topological polar surface area (TPSA) is 49.4 Å². The summed E-state index contributed by atoms with van der Waals surface area (Å²) in [4.78, 5) is 25.3. The van der Waals surface area contributed by atoms with Gasteiger partial charge in [-0.15, -0.1) is 0 Å². The van der Waals surface area contributed by atoms with Crippen LogP contribution in [-0.2, 0) is 4.79 Å². The Bertz CT molecular complexity index is 917. The third-order valence-electron chi connectivity index (χ3n) is 3.27. The van der Waals surface area contributed by atoms with E-state index in [1.807, 2.05) is 24.3 Å². The Morgan fingerprint density at radius 2 is 2.00 bits per heavy atom. The van der Waals surface area contributed by atoms with Crippen LogP contribution in [0.15, 0.2) is 57.9 Å². The molecule has 0 unspecified atom stereocenters. The molecule has 0 radical (unpaired) electrons. The Morgan fingerprint density at radius 1 is 1.24 bits per heavy atom. The number of benzene rings is 2. The van der Waals surface area contributed by atoms with Gasteiger partial charge in [-0.2, -0.15) is 5.01 Å². The van der Waals surface area contributed by atoms with E-state index in [9.17, 15) is 9.59 Å². The fourth-order valence-corrected chi connectivity index (χ4v) is 3.94. The summed E-state index contributed by atoms with van der Waals surface area (Å²) in [6.45, 7) is 0. The molecule has 1 fully saturated rings. The number of nitrogens with zero attached hydrogens (tertiary/aromatic N) is 1. The van der Waals surface area contributed by atoms with E-state index in [-0.39, 0.29) is 15.8 Å². The van der Waals surface area contributed by atoms with E-state index in [4.69, 9.17) is 23.8 Å². The van der Waals surface area contributed by atoms with Crippen molar-refractivity contribution < 1.29 is 9.59 Å². The van der Waals surface area contributed by atoms with E-state index in [2.05, 4.69) is 21.4 Å². The first-order valence-electron chi connectivity index (χ1n) is 7.05. The summed E-state index contributed by atoms with van der Waals surface area (Å²) in [5.41, 5.74) is 3.64. The second-order valence-electron chi connectivity index (χ2n) is 4.99. The number of hydrogen-bond acceptors (Lipinski definition) is 4. The number of hydrazine groups is 1. The standard InChI is InChI=1S/C17H10BrClN2O2S2/c18-11-5-3-4-10(8-11)9-14-16(23)21(17(24)25-14)20-15(22)12-6-1-2-7-13(12)19/h1-9H,(H,20,22)/b14-9-. The highest BCUT2D eigenvalue weighted by atomic mass is 79.9. The van der Waals surface area contributed by atoms with Crippen LogP contribution in [0.5, 0.6) is 0 Å². The van der Waals surface area contributed by atoms with Crippen molar-refractivity contribution in [1.82, 2.24) is 10.4 Å². The molecular formula is C17H10BrClN2O2S2. The lowest BCUT2D eigenvalue weighted by Crippen LogP contribution is -2.44. The van der Waals surface area contributed by atoms with Crippen molar-refractivity contribution >= 4 is 73.7 Å². The average molecular weight is 454 g/mol. The van der Waals surface area contributed by atoms with Crippen molar-refractivity contribution in [2.24, 2.45) is 0 Å². The Balaban J connectivity index is 1.80. The van der Waals surface area contributed by atoms with Gasteiger partial charge in [0.25, 0.3) is 11.8 Å². The first kappa shape index (κ1) is 18.1. The van der Waals surface area contributed by atoms with Crippen LogP contribution in [0.1, 0.15) is 15.9 Å². The quantitative estimate of drug-likeness (QED) is 0.543. The molecule has 1 saturated heterocycles. The van der Waals surface area contributed by atoms with Crippen LogP contribution in [0, 0.1) is 0 Å². The molecular weight excluding hydrogens is 444 g/mol. The van der Waals surface area contributed by atoms with Gasteiger partial charge in [0.1, 0.15) is 0 Å². The van der Waals surface area contributed by atoms with Crippen molar-refractivity contribution in [3.63, 3.8) is 0 Å². The van der Waals surface area contributed by atoms with E-state index in [0.717, 1.165) is 26.8 Å². The van der Waals surface area contributed by atoms with Gasteiger partial charge >= 0.3 is 0 Å². The van der Waals surface area contributed by atoms with E-state index in [1.54, 1.807) is 30.3 Å². The highest BCUT2D eigenvalue weighted by Gasteiger charge is 2.34. The van der Waals surface area contributed by atoms with Gasteiger partial charge in [0.2, 0.25) is 0 Å². The third-order valence-corrected chi connectivity index (χ3v) is 5.40. The van der Waals surface area contributed by atoms with Crippen LogP contribution in [0.25, 0.3) is 6.08 Å². The number of amides is 2. The lowest BCUT2D eigenvalue weighted by Gasteiger charge is -2.16. The van der Waals surface area contributed by atoms with Crippen molar-refractivity contribution in [2.75, 3.05) is 0 Å². The molecule has 1 aliphatic rings. The lowest BCUT2D eigenvalue weighted by molar-refractivity contribution is -0.123. The van der Waals surface area contributed by atoms with Gasteiger partial charge in [0, 0.05) is 4.47 Å². The highest BCUT2D eigenvalue weighted by molar-refractivity contribution is 9.10. The maximum atomic E-state index is 12.5. The Hall–Kier alpha value is -1.67. The molecule has 0 saturated carbocycles. The van der Waals surface area contributed by atoms with Crippen molar-refractivity contribution in [2.45, 2.75) is 0 Å². The first-order valence-corrected chi connectivity index (χ1v) is 9.44. The van der Waals surface area contributed by atoms with E-state index < -0.39 is 5.91 Å². The minimum Gasteiger partial charge on any atom is -0.267 e. The zero-order chi connectivity index (χ0) is 18.0. The maximum absolute atomic E-state index is 12.5. The van der Waals surface area contributed by atoms with Gasteiger partial charge in [-0.25, -0.2) is 0 Å². The van der Waals surface area contributed by atoms with Crippen LogP contribution in [0.2, 0.25) is 5.02 Å². The molecule has 25 heavy (non-hydrogen) atoms. The van der Waals surface area contributed by atoms with Crippen LogP contribution < -0.4 is 5.43 Å². The normalized spacial score (nSPS) is 15.8. The summed E-state index contributed by atoms with van der Waals surface area (Å²) in [6, 6.07) is 14.1. The molecule has 4 nitrogen and oxygen atoms in total. The van der Waals surface area contributed by atoms with Crippen LogP contribution in [-0.4, -0.2) is 21.1 Å². The Morgan fingerprint density at radius 3 is 2.72 bits per heavy atom. The predicted molar refractivity (Wildman–Crippen MR) is 108 cm³/mol. The number of rotatable bonds is 3. The summed E-state index contributed by atoms with van der Waals surface area (Å²) in [5.74, 6) is -0.874. The molecule has 2 aromatic carbocycles. The van der Waals surface area contributed by atoms with Crippen molar-refractivity contribution in [3.05, 3.63) is 74.1 Å². The zero-order valence-electron chi connectivity index (χ0n) is 12.5. The molecule has 0 bridgehead atoms. The number of carbonyl (C=O) groups excluding carboxylic acids is 2. The molecule has 126 valence electrons. The second-order valence-corrected chi connectivity index (χ2v) is 7.99. The SMILES string of the molecule is O=C(NN1C(=O)/C(=C/c2cccc(Br)c2)SC1=S)c1ccccc1Cl. The van der Waals surface area contributed by atoms with Gasteiger partial charge in [0.15, 0.2) is 4.32 Å². The largest absolute Gasteiger partial charge is 0.285 e. The molecule has 0 spiro atoms. The third kappa shape index (κ3) is 4.12. The van der Waals surface area contributed by atoms with Crippen LogP contribution in [0.4, 0.5) is 0 Å². The number of carbonyl (C=O) groups is 2. The summed E-state index contributed by atoms with van der Waals surface area (Å²) >= 11 is 15.7. The molecule has 1 N–H and O–H groups in total. The van der Waals surface area contributed by atoms with Gasteiger partial charge in [-0.1, -0.05) is 63.6 Å². The minimum absolute atomic E-state index is 0.256. The smallest absolute Gasteiger partial charge is 0.267 e. The lowest BCUT2D eigenvalue weighted by atomic mass is 10.2. The molecule has 1 aliphatic heterocycles. The summed E-state index contributed by atoms with van der Waals surface area (Å²) < 4.78 is 1.16. The van der Waals surface area contributed by atoms with Gasteiger partial charge in [-0.3, -0.25) is 15.0 Å². The average Bonchev–Trinajstić information content (AvgIpc) is 2.83. The Labute approximate surface area is 167 Å². The molecule has 0 aromatic heterocycles. The van der Waals surface area contributed by atoms with Crippen LogP contribution >= 0.6 is 51.5 Å². The van der Waals surface area contributed by atoms with Crippen molar-refractivity contribution in [3.8, 4) is 0 Å². The van der Waals surface area contributed by atoms with E-state index in [0.29, 0.717) is 9.93 Å². The van der Waals surface area contributed by atoms with Crippen LogP contribution in [0.3, 0.4) is 0 Å². The Kier molecular flexibility index (Phi) is 5.58. The molecule has 8 heteroatoms. The monoisotopic (exact) mass is 452 g/mol. The molecule has 2 amide bonds. The second kappa shape index (κ2) is 7.70. The van der Waals surface area contributed by atoms with Gasteiger partial charge in [-0.05, 0) is 48.1 Å². The van der Waals surface area contributed by atoms with Gasteiger partial charge in [0.05, 0.1) is 15.5 Å². The van der Waals surface area contributed by atoms with Gasteiger partial charge < -0.3 is 0 Å². The number of thioether (sulfide) groups is 1. The van der Waals surface area contributed by atoms with E-state index in [1.165, 1.54) is 0 Å². The molecule has 0 atom stereocenters. The minimum atomic E-state index is -0.495. The fraction of sp³-hybridized carbons (Fsp3) is 0. The predicted octanol–water partition coefficient (Wildman–Crippen LogP) is 4.65. The number of hydrogen-bond donors (Lipinski definition) is 1. The summed E-state index contributed by atoms with van der Waals surface area (Å²) in [6.07, 6.45) is 1.73. The zero-order valence-corrected chi connectivity index (χ0v) is 16.5. The number of thiocarbonyl (C=S) groups is 1. The highest BCUT2D eigenvalue weighted by Crippen LogP contribution is 2.32. The first-order chi connectivity index (χ1) is 12.0. The molecule has 1 heterocycles. The fourth-order valence-electron chi connectivity index (χ4n) is 2.12. The van der Waals surface area contributed by atoms with E-state index >= 15 is 0 Å².